The maximum absolute atomic E-state index is 11.2. The molecule has 0 aliphatic carbocycles. The van der Waals surface area contributed by atoms with Gasteiger partial charge in [0.15, 0.2) is 0 Å². The molecule has 1 N–H and O–H groups in total. The van der Waals surface area contributed by atoms with Crippen molar-refractivity contribution in [1.29, 1.82) is 0 Å². The molecule has 2 rings (SSSR count). The van der Waals surface area contributed by atoms with Crippen molar-refractivity contribution in [1.82, 2.24) is 10.2 Å². The largest absolute Gasteiger partial charge is 0.325 e. The lowest BCUT2D eigenvalue weighted by Gasteiger charge is -2.19. The predicted octanol–water partition coefficient (Wildman–Crippen LogP) is 0.747. The van der Waals surface area contributed by atoms with Crippen molar-refractivity contribution in [3.8, 4) is 0 Å². The molecule has 3 nitrogen and oxygen atoms in total. The zero-order chi connectivity index (χ0) is 9.26. The van der Waals surface area contributed by atoms with Gasteiger partial charge in [0.2, 0.25) is 5.91 Å². The van der Waals surface area contributed by atoms with Crippen LogP contribution in [0.15, 0.2) is 30.3 Å². The van der Waals surface area contributed by atoms with Gasteiger partial charge in [0.05, 0.1) is 6.54 Å². The van der Waals surface area contributed by atoms with Crippen LogP contribution in [0.5, 0.6) is 0 Å². The number of amides is 1. The SMILES string of the molecule is CN1C(=O)CN[C@H]1c1ccccc1. The molecule has 1 aliphatic heterocycles. The molecule has 1 aliphatic rings. The summed E-state index contributed by atoms with van der Waals surface area (Å²) in [6.45, 7) is 0.441. The van der Waals surface area contributed by atoms with E-state index in [1.165, 1.54) is 0 Å². The fourth-order valence-electron chi connectivity index (χ4n) is 1.57. The van der Waals surface area contributed by atoms with Gasteiger partial charge in [-0.2, -0.15) is 0 Å². The Morgan fingerprint density at radius 2 is 2.08 bits per heavy atom. The lowest BCUT2D eigenvalue weighted by Crippen LogP contribution is -2.25. The van der Waals surface area contributed by atoms with Gasteiger partial charge >= 0.3 is 0 Å². The molecule has 1 saturated heterocycles. The molecule has 13 heavy (non-hydrogen) atoms. The van der Waals surface area contributed by atoms with Crippen molar-refractivity contribution < 1.29 is 4.79 Å². The molecule has 0 bridgehead atoms. The Labute approximate surface area is 77.4 Å². The van der Waals surface area contributed by atoms with Crippen LogP contribution in [0.25, 0.3) is 0 Å². The number of carbonyl (C=O) groups excluding carboxylic acids is 1. The van der Waals surface area contributed by atoms with Crippen LogP contribution >= 0.6 is 0 Å². The molecular weight excluding hydrogens is 164 g/mol. The molecule has 1 heterocycles. The van der Waals surface area contributed by atoms with Gasteiger partial charge in [0.25, 0.3) is 0 Å². The normalized spacial score (nSPS) is 22.4. The Hall–Kier alpha value is -1.35. The number of benzene rings is 1. The number of rotatable bonds is 1. The van der Waals surface area contributed by atoms with Crippen LogP contribution in [-0.2, 0) is 4.79 Å². The molecule has 1 aromatic carbocycles. The summed E-state index contributed by atoms with van der Waals surface area (Å²) in [5.41, 5.74) is 1.14. The fourth-order valence-corrected chi connectivity index (χ4v) is 1.57. The second kappa shape index (κ2) is 3.18. The van der Waals surface area contributed by atoms with Crippen molar-refractivity contribution >= 4 is 5.91 Å². The third kappa shape index (κ3) is 1.42. The minimum Gasteiger partial charge on any atom is -0.325 e. The van der Waals surface area contributed by atoms with Gasteiger partial charge in [-0.3, -0.25) is 10.1 Å². The van der Waals surface area contributed by atoms with Gasteiger partial charge < -0.3 is 4.90 Å². The summed E-state index contributed by atoms with van der Waals surface area (Å²) in [6, 6.07) is 9.97. The summed E-state index contributed by atoms with van der Waals surface area (Å²) >= 11 is 0. The molecule has 0 radical (unpaired) electrons. The van der Waals surface area contributed by atoms with E-state index >= 15 is 0 Å². The first-order valence-electron chi connectivity index (χ1n) is 4.33. The van der Waals surface area contributed by atoms with Crippen LogP contribution in [0.4, 0.5) is 0 Å². The highest BCUT2D eigenvalue weighted by Crippen LogP contribution is 2.19. The zero-order valence-electron chi connectivity index (χ0n) is 7.53. The first-order valence-corrected chi connectivity index (χ1v) is 4.33. The maximum atomic E-state index is 11.2. The van der Waals surface area contributed by atoms with Gasteiger partial charge in [0.1, 0.15) is 6.17 Å². The summed E-state index contributed by atoms with van der Waals surface area (Å²) in [5.74, 6) is 0.147. The van der Waals surface area contributed by atoms with E-state index < -0.39 is 0 Å². The molecule has 0 aromatic heterocycles. The average Bonchev–Trinajstić information content (AvgIpc) is 2.49. The van der Waals surface area contributed by atoms with E-state index in [9.17, 15) is 4.79 Å². The summed E-state index contributed by atoms with van der Waals surface area (Å²) in [5, 5.41) is 3.15. The van der Waals surface area contributed by atoms with E-state index in [1.807, 2.05) is 37.4 Å². The minimum absolute atomic E-state index is 0.0497. The van der Waals surface area contributed by atoms with Gasteiger partial charge in [-0.15, -0.1) is 0 Å². The van der Waals surface area contributed by atoms with Gasteiger partial charge in [-0.25, -0.2) is 0 Å². The van der Waals surface area contributed by atoms with Gasteiger partial charge in [-0.1, -0.05) is 30.3 Å². The number of carbonyl (C=O) groups is 1. The second-order valence-corrected chi connectivity index (χ2v) is 3.20. The van der Waals surface area contributed by atoms with Gasteiger partial charge in [-0.05, 0) is 5.56 Å². The Kier molecular flexibility index (Phi) is 2.02. The standard InChI is InChI=1S/C10H12N2O/c1-12-9(13)7-11-10(12)8-5-3-2-4-6-8/h2-6,10-11H,7H2,1H3/t10-/m1/s1. The van der Waals surface area contributed by atoms with Crippen LogP contribution in [0, 0.1) is 0 Å². The molecule has 1 atom stereocenters. The first kappa shape index (κ1) is 8.26. The molecule has 0 saturated carbocycles. The summed E-state index contributed by atoms with van der Waals surface area (Å²) in [7, 11) is 1.82. The Bertz CT molecular complexity index is 310. The third-order valence-corrected chi connectivity index (χ3v) is 2.34. The molecule has 0 unspecified atom stereocenters. The Morgan fingerprint density at radius 1 is 1.38 bits per heavy atom. The minimum atomic E-state index is 0.0497. The van der Waals surface area contributed by atoms with E-state index in [4.69, 9.17) is 0 Å². The van der Waals surface area contributed by atoms with Crippen molar-refractivity contribution in [2.45, 2.75) is 6.17 Å². The number of likely N-dealkylation sites (N-methyl/N-ethyl adjacent to an activating group) is 1. The highest BCUT2D eigenvalue weighted by Gasteiger charge is 2.27. The van der Waals surface area contributed by atoms with Crippen molar-refractivity contribution in [3.63, 3.8) is 0 Å². The third-order valence-electron chi connectivity index (χ3n) is 2.34. The molecule has 1 fully saturated rings. The second-order valence-electron chi connectivity index (χ2n) is 3.20. The number of nitrogens with zero attached hydrogens (tertiary/aromatic N) is 1. The van der Waals surface area contributed by atoms with E-state index in [-0.39, 0.29) is 12.1 Å². The summed E-state index contributed by atoms with van der Waals surface area (Å²) < 4.78 is 0. The quantitative estimate of drug-likeness (QED) is 0.684. The lowest BCUT2D eigenvalue weighted by atomic mass is 10.2. The van der Waals surface area contributed by atoms with Crippen molar-refractivity contribution in [2.75, 3.05) is 13.6 Å². The number of hydrogen-bond donors (Lipinski definition) is 1. The molecule has 1 amide bonds. The molecule has 68 valence electrons. The average molecular weight is 176 g/mol. The fraction of sp³-hybridized carbons (Fsp3) is 0.300. The van der Waals surface area contributed by atoms with Crippen LogP contribution in [0.2, 0.25) is 0 Å². The van der Waals surface area contributed by atoms with Gasteiger partial charge in [0, 0.05) is 7.05 Å². The van der Waals surface area contributed by atoms with Crippen molar-refractivity contribution in [2.24, 2.45) is 0 Å². The van der Waals surface area contributed by atoms with E-state index in [0.717, 1.165) is 5.56 Å². The molecular formula is C10H12N2O. The zero-order valence-corrected chi connectivity index (χ0v) is 7.53. The highest BCUT2D eigenvalue weighted by molar-refractivity contribution is 5.80. The predicted molar refractivity (Wildman–Crippen MR) is 50.0 cm³/mol. The Morgan fingerprint density at radius 3 is 2.62 bits per heavy atom. The number of hydrogen-bond acceptors (Lipinski definition) is 2. The van der Waals surface area contributed by atoms with E-state index in [0.29, 0.717) is 6.54 Å². The van der Waals surface area contributed by atoms with Crippen LogP contribution in [0.3, 0.4) is 0 Å². The van der Waals surface area contributed by atoms with E-state index in [2.05, 4.69) is 5.32 Å². The monoisotopic (exact) mass is 176 g/mol. The first-order chi connectivity index (χ1) is 6.29. The molecule has 0 spiro atoms. The summed E-state index contributed by atoms with van der Waals surface area (Å²) in [6.07, 6.45) is 0.0497. The smallest absolute Gasteiger partial charge is 0.237 e. The summed E-state index contributed by atoms with van der Waals surface area (Å²) in [4.78, 5) is 13.0. The topological polar surface area (TPSA) is 32.3 Å². The molecule has 1 aromatic rings. The van der Waals surface area contributed by atoms with Crippen LogP contribution in [-0.4, -0.2) is 24.4 Å². The van der Waals surface area contributed by atoms with Crippen LogP contribution in [0.1, 0.15) is 11.7 Å². The van der Waals surface area contributed by atoms with Crippen LogP contribution < -0.4 is 5.32 Å². The van der Waals surface area contributed by atoms with E-state index in [1.54, 1.807) is 4.90 Å². The number of nitrogens with one attached hydrogen (secondary N) is 1. The highest BCUT2D eigenvalue weighted by atomic mass is 16.2. The molecule has 3 heteroatoms. The lowest BCUT2D eigenvalue weighted by molar-refractivity contribution is -0.126. The Balaban J connectivity index is 2.24. The van der Waals surface area contributed by atoms with Crippen molar-refractivity contribution in [3.05, 3.63) is 35.9 Å². The maximum Gasteiger partial charge on any atom is 0.237 e.